The fourth-order valence-electron chi connectivity index (χ4n) is 1.58. The summed E-state index contributed by atoms with van der Waals surface area (Å²) in [6.07, 6.45) is 0. The van der Waals surface area contributed by atoms with E-state index in [0.717, 1.165) is 5.56 Å². The lowest BCUT2D eigenvalue weighted by atomic mass is 10.0. The van der Waals surface area contributed by atoms with Crippen LogP contribution in [-0.4, -0.2) is 24.5 Å². The van der Waals surface area contributed by atoms with Gasteiger partial charge < -0.3 is 15.8 Å². The molecule has 0 saturated heterocycles. The summed E-state index contributed by atoms with van der Waals surface area (Å²) < 4.78 is 4.90. The molecular formula is C15H22N2O3. The highest BCUT2D eigenvalue weighted by Gasteiger charge is 2.16. The molecule has 3 N–H and O–H groups in total. The normalized spacial score (nSPS) is 12.1. The quantitative estimate of drug-likeness (QED) is 0.772. The van der Waals surface area contributed by atoms with E-state index in [1.54, 1.807) is 31.2 Å². The zero-order chi connectivity index (χ0) is 15.1. The Morgan fingerprint density at radius 2 is 1.85 bits per heavy atom. The number of hydrogen-bond donors (Lipinski definition) is 2. The van der Waals surface area contributed by atoms with Crippen molar-refractivity contribution in [3.8, 4) is 0 Å². The predicted molar refractivity (Wildman–Crippen MR) is 77.1 cm³/mol. The number of rotatable bonds is 6. The van der Waals surface area contributed by atoms with Crippen LogP contribution in [0.15, 0.2) is 24.3 Å². The van der Waals surface area contributed by atoms with Gasteiger partial charge in [0.2, 0.25) is 5.91 Å². The molecule has 0 unspecified atom stereocenters. The van der Waals surface area contributed by atoms with Crippen molar-refractivity contribution < 1.29 is 14.3 Å². The Hall–Kier alpha value is -1.88. The summed E-state index contributed by atoms with van der Waals surface area (Å²) in [4.78, 5) is 23.2. The van der Waals surface area contributed by atoms with E-state index in [0.29, 0.717) is 18.7 Å². The van der Waals surface area contributed by atoms with E-state index in [1.165, 1.54) is 0 Å². The van der Waals surface area contributed by atoms with Crippen molar-refractivity contribution in [3.63, 3.8) is 0 Å². The van der Waals surface area contributed by atoms with Gasteiger partial charge >= 0.3 is 5.97 Å². The van der Waals surface area contributed by atoms with Crippen LogP contribution < -0.4 is 11.1 Å². The van der Waals surface area contributed by atoms with Crippen LogP contribution in [-0.2, 0) is 16.1 Å². The number of esters is 1. The van der Waals surface area contributed by atoms with Crippen molar-refractivity contribution in [2.24, 2.45) is 11.7 Å². The first-order chi connectivity index (χ1) is 9.45. The Morgan fingerprint density at radius 3 is 2.35 bits per heavy atom. The van der Waals surface area contributed by atoms with E-state index in [1.807, 2.05) is 13.8 Å². The van der Waals surface area contributed by atoms with E-state index in [-0.39, 0.29) is 17.8 Å². The van der Waals surface area contributed by atoms with Crippen LogP contribution >= 0.6 is 0 Å². The Balaban J connectivity index is 2.54. The highest BCUT2D eigenvalue weighted by atomic mass is 16.5. The van der Waals surface area contributed by atoms with Gasteiger partial charge in [0.05, 0.1) is 18.2 Å². The monoisotopic (exact) mass is 278 g/mol. The minimum Gasteiger partial charge on any atom is -0.462 e. The molecule has 5 nitrogen and oxygen atoms in total. The van der Waals surface area contributed by atoms with Crippen molar-refractivity contribution in [2.45, 2.75) is 33.4 Å². The minimum absolute atomic E-state index is 0.0983. The topological polar surface area (TPSA) is 81.4 Å². The maximum absolute atomic E-state index is 11.7. The standard InChI is InChI=1S/C15H22N2O3/c1-4-20-15(19)12-7-5-11(6-8-12)9-17-14(18)13(16)10(2)3/h5-8,10,13H,4,9,16H2,1-3H3,(H,17,18)/t13-/m0/s1. The van der Waals surface area contributed by atoms with Crippen molar-refractivity contribution in [2.75, 3.05) is 6.61 Å². The van der Waals surface area contributed by atoms with Crippen LogP contribution in [0.4, 0.5) is 0 Å². The van der Waals surface area contributed by atoms with Gasteiger partial charge in [-0.05, 0) is 30.5 Å². The van der Waals surface area contributed by atoms with Crippen molar-refractivity contribution in [3.05, 3.63) is 35.4 Å². The molecular weight excluding hydrogens is 256 g/mol. The van der Waals surface area contributed by atoms with Crippen LogP contribution in [0, 0.1) is 5.92 Å². The van der Waals surface area contributed by atoms with Gasteiger partial charge in [0.25, 0.3) is 0 Å². The molecule has 5 heteroatoms. The average Bonchev–Trinajstić information content (AvgIpc) is 2.44. The van der Waals surface area contributed by atoms with Crippen LogP contribution in [0.2, 0.25) is 0 Å². The molecule has 0 aliphatic rings. The van der Waals surface area contributed by atoms with Gasteiger partial charge in [0, 0.05) is 6.54 Å². The van der Waals surface area contributed by atoms with E-state index in [2.05, 4.69) is 5.32 Å². The SMILES string of the molecule is CCOC(=O)c1ccc(CNC(=O)[C@@H](N)C(C)C)cc1. The molecule has 0 aromatic heterocycles. The lowest BCUT2D eigenvalue weighted by molar-refractivity contribution is -0.123. The lowest BCUT2D eigenvalue weighted by Gasteiger charge is -2.15. The molecule has 0 heterocycles. The summed E-state index contributed by atoms with van der Waals surface area (Å²) in [5, 5.41) is 2.77. The highest BCUT2D eigenvalue weighted by Crippen LogP contribution is 2.06. The second kappa shape index (κ2) is 7.65. The molecule has 0 fully saturated rings. The van der Waals surface area contributed by atoms with Crippen LogP contribution in [0.5, 0.6) is 0 Å². The summed E-state index contributed by atoms with van der Waals surface area (Å²) in [5.74, 6) is -0.416. The molecule has 0 radical (unpaired) electrons. The first kappa shape index (κ1) is 16.2. The zero-order valence-electron chi connectivity index (χ0n) is 12.2. The van der Waals surface area contributed by atoms with E-state index < -0.39 is 6.04 Å². The number of carbonyl (C=O) groups excluding carboxylic acids is 2. The Morgan fingerprint density at radius 1 is 1.25 bits per heavy atom. The Bertz CT molecular complexity index is 455. The van der Waals surface area contributed by atoms with Gasteiger partial charge in [-0.3, -0.25) is 4.79 Å². The number of ether oxygens (including phenoxy) is 1. The van der Waals surface area contributed by atoms with Crippen LogP contribution in [0.1, 0.15) is 36.7 Å². The van der Waals surface area contributed by atoms with E-state index in [9.17, 15) is 9.59 Å². The molecule has 1 atom stereocenters. The molecule has 0 saturated carbocycles. The molecule has 1 amide bonds. The summed E-state index contributed by atoms with van der Waals surface area (Å²) in [6.45, 7) is 6.31. The number of amides is 1. The maximum Gasteiger partial charge on any atom is 0.338 e. The third-order valence-corrected chi connectivity index (χ3v) is 2.95. The maximum atomic E-state index is 11.7. The summed E-state index contributed by atoms with van der Waals surface area (Å²) in [6, 6.07) is 6.43. The van der Waals surface area contributed by atoms with Crippen LogP contribution in [0.3, 0.4) is 0 Å². The van der Waals surface area contributed by atoms with Crippen molar-refractivity contribution in [1.29, 1.82) is 0 Å². The molecule has 0 aliphatic carbocycles. The molecule has 1 aromatic carbocycles. The molecule has 1 rings (SSSR count). The predicted octanol–water partition coefficient (Wildman–Crippen LogP) is 1.46. The molecule has 0 bridgehead atoms. The first-order valence-electron chi connectivity index (χ1n) is 6.75. The minimum atomic E-state index is -0.506. The molecule has 0 spiro atoms. The Labute approximate surface area is 119 Å². The first-order valence-corrected chi connectivity index (χ1v) is 6.75. The second-order valence-electron chi connectivity index (χ2n) is 4.90. The van der Waals surface area contributed by atoms with E-state index in [4.69, 9.17) is 10.5 Å². The molecule has 1 aromatic rings. The summed E-state index contributed by atoms with van der Waals surface area (Å²) in [5.41, 5.74) is 7.15. The number of hydrogen-bond acceptors (Lipinski definition) is 4. The van der Waals surface area contributed by atoms with Crippen LogP contribution in [0.25, 0.3) is 0 Å². The van der Waals surface area contributed by atoms with Crippen molar-refractivity contribution >= 4 is 11.9 Å². The summed E-state index contributed by atoms with van der Waals surface area (Å²) >= 11 is 0. The number of benzene rings is 1. The van der Waals surface area contributed by atoms with Gasteiger partial charge in [-0.1, -0.05) is 26.0 Å². The number of nitrogens with two attached hydrogens (primary N) is 1. The second-order valence-corrected chi connectivity index (χ2v) is 4.90. The number of carbonyl (C=O) groups is 2. The molecule has 0 aliphatic heterocycles. The highest BCUT2D eigenvalue weighted by molar-refractivity contribution is 5.89. The van der Waals surface area contributed by atoms with Gasteiger partial charge in [-0.25, -0.2) is 4.79 Å². The van der Waals surface area contributed by atoms with Crippen molar-refractivity contribution in [1.82, 2.24) is 5.32 Å². The van der Waals surface area contributed by atoms with Gasteiger partial charge in [-0.15, -0.1) is 0 Å². The zero-order valence-corrected chi connectivity index (χ0v) is 12.2. The third-order valence-electron chi connectivity index (χ3n) is 2.95. The van der Waals surface area contributed by atoms with Gasteiger partial charge in [0.1, 0.15) is 0 Å². The fraction of sp³-hybridized carbons (Fsp3) is 0.467. The fourth-order valence-corrected chi connectivity index (χ4v) is 1.58. The summed E-state index contributed by atoms with van der Waals surface area (Å²) in [7, 11) is 0. The molecule has 110 valence electrons. The van der Waals surface area contributed by atoms with Gasteiger partial charge in [0.15, 0.2) is 0 Å². The Kier molecular flexibility index (Phi) is 6.18. The lowest BCUT2D eigenvalue weighted by Crippen LogP contribution is -2.43. The van der Waals surface area contributed by atoms with Gasteiger partial charge in [-0.2, -0.15) is 0 Å². The smallest absolute Gasteiger partial charge is 0.338 e. The largest absolute Gasteiger partial charge is 0.462 e. The third kappa shape index (κ3) is 4.66. The molecule has 20 heavy (non-hydrogen) atoms. The number of nitrogens with one attached hydrogen (secondary N) is 1. The average molecular weight is 278 g/mol. The van der Waals surface area contributed by atoms with E-state index >= 15 is 0 Å².